The van der Waals surface area contributed by atoms with Crippen LogP contribution in [0.2, 0.25) is 0 Å². The van der Waals surface area contributed by atoms with Crippen LogP contribution in [0.25, 0.3) is 0 Å². The van der Waals surface area contributed by atoms with E-state index in [2.05, 4.69) is 10.3 Å². The molecule has 2 aliphatic rings. The van der Waals surface area contributed by atoms with Crippen LogP contribution in [0.15, 0.2) is 10.8 Å². The highest BCUT2D eigenvalue weighted by Gasteiger charge is 2.41. The number of likely N-dealkylation sites (tertiary alicyclic amines) is 1. The monoisotopic (exact) mass is 207 g/mol. The van der Waals surface area contributed by atoms with Crippen molar-refractivity contribution in [3.8, 4) is 0 Å². The van der Waals surface area contributed by atoms with Gasteiger partial charge >= 0.3 is 0 Å². The second kappa shape index (κ2) is 3.06. The fourth-order valence-electron chi connectivity index (χ4n) is 2.27. The standard InChI is InChI=1S/C10H13N3O2/c1-6-9(15-5-12-6)10(14)13-3-7-2-11-8(7)4-13/h5,7-8,11H,2-4H2,1H3. The number of nitrogens with zero attached hydrogens (tertiary/aromatic N) is 2. The van der Waals surface area contributed by atoms with Gasteiger partial charge in [-0.2, -0.15) is 0 Å². The van der Waals surface area contributed by atoms with E-state index in [-0.39, 0.29) is 5.91 Å². The summed E-state index contributed by atoms with van der Waals surface area (Å²) in [6, 6.07) is 0.497. The highest BCUT2D eigenvalue weighted by molar-refractivity contribution is 5.92. The smallest absolute Gasteiger partial charge is 0.291 e. The highest BCUT2D eigenvalue weighted by Crippen LogP contribution is 2.25. The summed E-state index contributed by atoms with van der Waals surface area (Å²) in [5, 5.41) is 3.31. The van der Waals surface area contributed by atoms with Crippen LogP contribution < -0.4 is 5.32 Å². The normalized spacial score (nSPS) is 28.7. The van der Waals surface area contributed by atoms with Crippen LogP contribution in [-0.4, -0.2) is 41.5 Å². The molecule has 0 bridgehead atoms. The van der Waals surface area contributed by atoms with Crippen LogP contribution >= 0.6 is 0 Å². The predicted octanol–water partition coefficient (Wildman–Crippen LogP) is 0.0268. The SMILES string of the molecule is Cc1ncoc1C(=O)N1CC2CNC2C1. The number of rotatable bonds is 1. The number of carbonyl (C=O) groups excluding carboxylic acids is 1. The number of aryl methyl sites for hydroxylation is 1. The Kier molecular flexibility index (Phi) is 1.82. The summed E-state index contributed by atoms with van der Waals surface area (Å²) in [4.78, 5) is 17.8. The van der Waals surface area contributed by atoms with E-state index in [1.165, 1.54) is 6.39 Å². The molecule has 2 atom stereocenters. The maximum absolute atomic E-state index is 12.0. The first-order chi connectivity index (χ1) is 7.25. The zero-order chi connectivity index (χ0) is 10.4. The first-order valence-corrected chi connectivity index (χ1v) is 5.18. The molecule has 2 unspecified atom stereocenters. The number of hydrogen-bond donors (Lipinski definition) is 1. The van der Waals surface area contributed by atoms with Gasteiger partial charge in [0.2, 0.25) is 5.76 Å². The first kappa shape index (κ1) is 8.91. The lowest BCUT2D eigenvalue weighted by atomic mass is 9.96. The Morgan fingerprint density at radius 2 is 2.53 bits per heavy atom. The topological polar surface area (TPSA) is 58.4 Å². The van der Waals surface area contributed by atoms with E-state index in [1.54, 1.807) is 6.92 Å². The molecule has 2 saturated heterocycles. The molecular weight excluding hydrogens is 194 g/mol. The van der Waals surface area contributed by atoms with Gasteiger partial charge in [-0.25, -0.2) is 4.98 Å². The number of amides is 1. The van der Waals surface area contributed by atoms with E-state index in [9.17, 15) is 4.79 Å². The largest absolute Gasteiger partial charge is 0.438 e. The third-order valence-corrected chi connectivity index (χ3v) is 3.31. The van der Waals surface area contributed by atoms with Gasteiger partial charge < -0.3 is 14.6 Å². The molecule has 2 fully saturated rings. The van der Waals surface area contributed by atoms with Crippen molar-refractivity contribution in [3.05, 3.63) is 17.8 Å². The average Bonchev–Trinajstić information content (AvgIpc) is 2.72. The van der Waals surface area contributed by atoms with Crippen LogP contribution in [0.5, 0.6) is 0 Å². The Labute approximate surface area is 87.5 Å². The molecule has 5 nitrogen and oxygen atoms in total. The van der Waals surface area contributed by atoms with Crippen molar-refractivity contribution in [2.24, 2.45) is 5.92 Å². The summed E-state index contributed by atoms with van der Waals surface area (Å²) < 4.78 is 5.11. The number of carbonyl (C=O) groups is 1. The van der Waals surface area contributed by atoms with Crippen LogP contribution in [0, 0.1) is 12.8 Å². The highest BCUT2D eigenvalue weighted by atomic mass is 16.3. The van der Waals surface area contributed by atoms with Gasteiger partial charge in [-0.3, -0.25) is 4.79 Å². The lowest BCUT2D eigenvalue weighted by molar-refractivity contribution is 0.0756. The van der Waals surface area contributed by atoms with Crippen molar-refractivity contribution >= 4 is 5.91 Å². The summed E-state index contributed by atoms with van der Waals surface area (Å²) in [5.74, 6) is 0.995. The van der Waals surface area contributed by atoms with E-state index < -0.39 is 0 Å². The molecule has 1 aromatic rings. The van der Waals surface area contributed by atoms with E-state index >= 15 is 0 Å². The lowest BCUT2D eigenvalue weighted by Gasteiger charge is -2.29. The van der Waals surface area contributed by atoms with E-state index in [1.807, 2.05) is 4.90 Å². The summed E-state index contributed by atoms with van der Waals surface area (Å²) >= 11 is 0. The maximum atomic E-state index is 12.0. The Morgan fingerprint density at radius 3 is 3.00 bits per heavy atom. The number of oxazole rings is 1. The fraction of sp³-hybridized carbons (Fsp3) is 0.600. The van der Waals surface area contributed by atoms with E-state index in [0.29, 0.717) is 23.4 Å². The third kappa shape index (κ3) is 1.26. The van der Waals surface area contributed by atoms with Crippen molar-refractivity contribution in [1.82, 2.24) is 15.2 Å². The minimum absolute atomic E-state index is 0.0267. The molecule has 0 aliphatic carbocycles. The predicted molar refractivity (Wildman–Crippen MR) is 52.4 cm³/mol. The van der Waals surface area contributed by atoms with Gasteiger partial charge in [0.1, 0.15) is 0 Å². The molecule has 1 amide bonds. The van der Waals surface area contributed by atoms with Gasteiger partial charge in [0.25, 0.3) is 5.91 Å². The van der Waals surface area contributed by atoms with Gasteiger partial charge in [-0.1, -0.05) is 0 Å². The first-order valence-electron chi connectivity index (χ1n) is 5.18. The number of aromatic nitrogens is 1. The molecule has 1 N–H and O–H groups in total. The Bertz CT molecular complexity index is 389. The lowest BCUT2D eigenvalue weighted by Crippen LogP contribution is -2.51. The zero-order valence-electron chi connectivity index (χ0n) is 8.56. The molecule has 0 saturated carbocycles. The van der Waals surface area contributed by atoms with E-state index in [0.717, 1.165) is 19.6 Å². The second-order valence-corrected chi connectivity index (χ2v) is 4.25. The summed E-state index contributed by atoms with van der Waals surface area (Å²) in [7, 11) is 0. The Balaban J connectivity index is 1.78. The molecule has 5 heteroatoms. The molecular formula is C10H13N3O2. The Hall–Kier alpha value is -1.36. The summed E-state index contributed by atoms with van der Waals surface area (Å²) in [6.45, 7) is 4.46. The minimum Gasteiger partial charge on any atom is -0.438 e. The second-order valence-electron chi connectivity index (χ2n) is 4.25. The molecule has 80 valence electrons. The summed E-state index contributed by atoms with van der Waals surface area (Å²) in [5.41, 5.74) is 0.673. The molecule has 0 radical (unpaired) electrons. The fourth-order valence-corrected chi connectivity index (χ4v) is 2.27. The van der Waals surface area contributed by atoms with Crippen LogP contribution in [0.4, 0.5) is 0 Å². The molecule has 15 heavy (non-hydrogen) atoms. The van der Waals surface area contributed by atoms with E-state index in [4.69, 9.17) is 4.42 Å². The Morgan fingerprint density at radius 1 is 1.67 bits per heavy atom. The quantitative estimate of drug-likeness (QED) is 0.705. The molecule has 2 aliphatic heterocycles. The van der Waals surface area contributed by atoms with Gasteiger partial charge in [0.15, 0.2) is 6.39 Å². The minimum atomic E-state index is -0.0267. The molecule has 1 aromatic heterocycles. The molecule has 0 spiro atoms. The van der Waals surface area contributed by atoms with Gasteiger partial charge in [0, 0.05) is 31.6 Å². The van der Waals surface area contributed by atoms with Gasteiger partial charge in [-0.05, 0) is 6.92 Å². The van der Waals surface area contributed by atoms with Crippen LogP contribution in [0.1, 0.15) is 16.2 Å². The summed E-state index contributed by atoms with van der Waals surface area (Å²) in [6.07, 6.45) is 1.32. The molecule has 3 rings (SSSR count). The van der Waals surface area contributed by atoms with Crippen molar-refractivity contribution in [3.63, 3.8) is 0 Å². The zero-order valence-corrected chi connectivity index (χ0v) is 8.56. The van der Waals surface area contributed by atoms with Crippen LogP contribution in [0.3, 0.4) is 0 Å². The van der Waals surface area contributed by atoms with Crippen molar-refractivity contribution in [2.75, 3.05) is 19.6 Å². The van der Waals surface area contributed by atoms with Crippen molar-refractivity contribution < 1.29 is 9.21 Å². The molecule has 0 aromatic carbocycles. The number of hydrogen-bond acceptors (Lipinski definition) is 4. The van der Waals surface area contributed by atoms with Gasteiger partial charge in [0.05, 0.1) is 5.69 Å². The van der Waals surface area contributed by atoms with Crippen LogP contribution in [-0.2, 0) is 0 Å². The number of nitrogens with one attached hydrogen (secondary N) is 1. The molecule has 3 heterocycles. The van der Waals surface area contributed by atoms with Crippen molar-refractivity contribution in [1.29, 1.82) is 0 Å². The number of fused-ring (bicyclic) bond motifs is 1. The van der Waals surface area contributed by atoms with Crippen molar-refractivity contribution in [2.45, 2.75) is 13.0 Å². The maximum Gasteiger partial charge on any atom is 0.291 e. The average molecular weight is 207 g/mol. The van der Waals surface area contributed by atoms with Gasteiger partial charge in [-0.15, -0.1) is 0 Å². The third-order valence-electron chi connectivity index (χ3n) is 3.31.